The van der Waals surface area contributed by atoms with Crippen LogP contribution in [0, 0.1) is 0 Å². The number of nitrogens with one attached hydrogen (secondary N) is 1. The summed E-state index contributed by atoms with van der Waals surface area (Å²) in [6.45, 7) is 0.237. The molecule has 0 radical (unpaired) electrons. The number of carbonyl (C=O) groups excluding carboxylic acids is 1. The van der Waals surface area contributed by atoms with Crippen LogP contribution in [0.3, 0.4) is 0 Å². The number of carbonyl (C=O) groups is 1. The lowest BCUT2D eigenvalue weighted by molar-refractivity contribution is -0.111. The first-order chi connectivity index (χ1) is 12.2. The third-order valence-electron chi connectivity index (χ3n) is 3.55. The SMILES string of the molecule is Cn1cc(/C=C/C(=O)Nc2nc(-c3ccc4c(c3)OCO4)cs2)cn1. The molecule has 1 aliphatic heterocycles. The molecular weight excluding hydrogens is 340 g/mol. The summed E-state index contributed by atoms with van der Waals surface area (Å²) in [6.07, 6.45) is 6.67. The van der Waals surface area contributed by atoms with Crippen molar-refractivity contribution in [2.75, 3.05) is 12.1 Å². The van der Waals surface area contributed by atoms with Gasteiger partial charge in [-0.2, -0.15) is 5.10 Å². The van der Waals surface area contributed by atoms with Crippen molar-refractivity contribution in [3.8, 4) is 22.8 Å². The summed E-state index contributed by atoms with van der Waals surface area (Å²) in [5.41, 5.74) is 2.54. The van der Waals surface area contributed by atoms with Gasteiger partial charge in [-0.1, -0.05) is 0 Å². The van der Waals surface area contributed by atoms with Crippen molar-refractivity contribution in [3.63, 3.8) is 0 Å². The fraction of sp³-hybridized carbons (Fsp3) is 0.118. The van der Waals surface area contributed by atoms with E-state index in [1.807, 2.05) is 36.8 Å². The van der Waals surface area contributed by atoms with E-state index in [1.54, 1.807) is 17.0 Å². The molecule has 0 saturated carbocycles. The molecule has 0 aliphatic carbocycles. The summed E-state index contributed by atoms with van der Waals surface area (Å²) in [4.78, 5) is 16.4. The molecule has 1 aromatic carbocycles. The maximum Gasteiger partial charge on any atom is 0.250 e. The zero-order chi connectivity index (χ0) is 17.2. The van der Waals surface area contributed by atoms with Crippen LogP contribution in [0.1, 0.15) is 5.56 Å². The van der Waals surface area contributed by atoms with Gasteiger partial charge in [0.25, 0.3) is 0 Å². The molecule has 126 valence electrons. The van der Waals surface area contributed by atoms with E-state index >= 15 is 0 Å². The molecule has 25 heavy (non-hydrogen) atoms. The number of rotatable bonds is 4. The number of thiazole rings is 1. The van der Waals surface area contributed by atoms with Crippen LogP contribution in [-0.4, -0.2) is 27.5 Å². The van der Waals surface area contributed by atoms with E-state index < -0.39 is 0 Å². The van der Waals surface area contributed by atoms with E-state index in [4.69, 9.17) is 9.47 Å². The van der Waals surface area contributed by atoms with Crippen molar-refractivity contribution in [1.29, 1.82) is 0 Å². The summed E-state index contributed by atoms with van der Waals surface area (Å²) in [7, 11) is 1.82. The Hall–Kier alpha value is -3.13. The first-order valence-corrected chi connectivity index (χ1v) is 8.38. The Labute approximate surface area is 147 Å². The Morgan fingerprint density at radius 3 is 3.08 bits per heavy atom. The Balaban J connectivity index is 1.44. The van der Waals surface area contributed by atoms with Crippen LogP contribution in [0.2, 0.25) is 0 Å². The van der Waals surface area contributed by atoms with Crippen molar-refractivity contribution < 1.29 is 14.3 Å². The largest absolute Gasteiger partial charge is 0.454 e. The summed E-state index contributed by atoms with van der Waals surface area (Å²) >= 11 is 1.37. The monoisotopic (exact) mass is 354 g/mol. The number of aryl methyl sites for hydroxylation is 1. The number of aromatic nitrogens is 3. The highest BCUT2D eigenvalue weighted by Crippen LogP contribution is 2.36. The molecule has 0 saturated heterocycles. The molecule has 1 amide bonds. The molecule has 7 nitrogen and oxygen atoms in total. The smallest absolute Gasteiger partial charge is 0.250 e. The first-order valence-electron chi connectivity index (χ1n) is 7.51. The molecule has 0 atom stereocenters. The van der Waals surface area contributed by atoms with Crippen molar-refractivity contribution in [3.05, 3.63) is 47.6 Å². The van der Waals surface area contributed by atoms with Gasteiger partial charge in [-0.3, -0.25) is 14.8 Å². The van der Waals surface area contributed by atoms with E-state index in [1.165, 1.54) is 17.4 Å². The minimum atomic E-state index is -0.240. The quantitative estimate of drug-likeness (QED) is 0.729. The van der Waals surface area contributed by atoms with Gasteiger partial charge >= 0.3 is 0 Å². The number of hydrogen-bond acceptors (Lipinski definition) is 6. The van der Waals surface area contributed by atoms with Crippen LogP contribution in [-0.2, 0) is 11.8 Å². The van der Waals surface area contributed by atoms with Crippen molar-refractivity contribution in [2.45, 2.75) is 0 Å². The summed E-state index contributed by atoms with van der Waals surface area (Å²) in [5.74, 6) is 1.19. The van der Waals surface area contributed by atoms with Gasteiger partial charge in [0.1, 0.15) is 0 Å². The zero-order valence-electron chi connectivity index (χ0n) is 13.3. The van der Waals surface area contributed by atoms with Crippen LogP contribution in [0.5, 0.6) is 11.5 Å². The Morgan fingerprint density at radius 1 is 1.36 bits per heavy atom. The third kappa shape index (κ3) is 3.38. The molecule has 1 N–H and O–H groups in total. The van der Waals surface area contributed by atoms with E-state index in [0.717, 1.165) is 22.6 Å². The highest BCUT2D eigenvalue weighted by atomic mass is 32.1. The number of hydrogen-bond donors (Lipinski definition) is 1. The van der Waals surface area contributed by atoms with Crippen LogP contribution >= 0.6 is 11.3 Å². The third-order valence-corrected chi connectivity index (χ3v) is 4.31. The van der Waals surface area contributed by atoms with Crippen LogP contribution in [0.4, 0.5) is 5.13 Å². The second-order valence-electron chi connectivity index (χ2n) is 5.38. The Bertz CT molecular complexity index is 960. The molecule has 2 aromatic heterocycles. The molecule has 3 heterocycles. The number of amides is 1. The lowest BCUT2D eigenvalue weighted by Crippen LogP contribution is -2.07. The number of nitrogens with zero attached hydrogens (tertiary/aromatic N) is 3. The highest BCUT2D eigenvalue weighted by Gasteiger charge is 2.15. The van der Waals surface area contributed by atoms with Gasteiger partial charge in [-0.25, -0.2) is 4.98 Å². The highest BCUT2D eigenvalue weighted by molar-refractivity contribution is 7.14. The van der Waals surface area contributed by atoms with E-state index in [9.17, 15) is 4.79 Å². The number of anilines is 1. The van der Waals surface area contributed by atoms with Gasteiger partial charge in [0, 0.05) is 35.8 Å². The molecule has 3 aromatic rings. The predicted octanol–water partition coefficient (Wildman–Crippen LogP) is 2.92. The van der Waals surface area contributed by atoms with Gasteiger partial charge in [0.15, 0.2) is 16.6 Å². The molecule has 8 heteroatoms. The second-order valence-corrected chi connectivity index (χ2v) is 6.23. The fourth-order valence-electron chi connectivity index (χ4n) is 2.36. The molecule has 0 fully saturated rings. The number of ether oxygens (including phenoxy) is 2. The Kier molecular flexibility index (Phi) is 3.95. The number of fused-ring (bicyclic) bond motifs is 1. The van der Waals surface area contributed by atoms with Gasteiger partial charge < -0.3 is 9.47 Å². The predicted molar refractivity (Wildman–Crippen MR) is 94.5 cm³/mol. The molecule has 0 spiro atoms. The minimum Gasteiger partial charge on any atom is -0.454 e. The van der Waals surface area contributed by atoms with Gasteiger partial charge in [0.2, 0.25) is 12.7 Å². The molecular formula is C17H14N4O3S. The van der Waals surface area contributed by atoms with Crippen LogP contribution in [0.15, 0.2) is 42.0 Å². The number of benzene rings is 1. The summed E-state index contributed by atoms with van der Waals surface area (Å²) < 4.78 is 12.4. The molecule has 1 aliphatic rings. The van der Waals surface area contributed by atoms with E-state index in [2.05, 4.69) is 15.4 Å². The van der Waals surface area contributed by atoms with Crippen molar-refractivity contribution >= 4 is 28.5 Å². The van der Waals surface area contributed by atoms with Crippen molar-refractivity contribution in [1.82, 2.24) is 14.8 Å². The van der Waals surface area contributed by atoms with E-state index in [0.29, 0.717) is 10.9 Å². The van der Waals surface area contributed by atoms with Gasteiger partial charge in [0.05, 0.1) is 11.9 Å². The normalized spacial score (nSPS) is 12.7. The first kappa shape index (κ1) is 15.4. The average molecular weight is 354 g/mol. The van der Waals surface area contributed by atoms with Gasteiger partial charge in [-0.05, 0) is 24.3 Å². The minimum absolute atomic E-state index is 0.237. The molecule has 0 unspecified atom stereocenters. The fourth-order valence-corrected chi connectivity index (χ4v) is 3.09. The summed E-state index contributed by atoms with van der Waals surface area (Å²) in [6, 6.07) is 5.65. The van der Waals surface area contributed by atoms with Crippen LogP contribution in [0.25, 0.3) is 17.3 Å². The standard InChI is InChI=1S/C17H14N4O3S/c1-21-8-11(7-18-21)2-5-16(22)20-17-19-13(9-25-17)12-3-4-14-15(6-12)24-10-23-14/h2-9H,10H2,1H3,(H,19,20,22)/b5-2+. The van der Waals surface area contributed by atoms with E-state index in [-0.39, 0.29) is 12.7 Å². The lowest BCUT2D eigenvalue weighted by atomic mass is 10.1. The molecule has 0 bridgehead atoms. The van der Waals surface area contributed by atoms with Gasteiger partial charge in [-0.15, -0.1) is 11.3 Å². The van der Waals surface area contributed by atoms with Crippen molar-refractivity contribution in [2.24, 2.45) is 7.05 Å². The molecule has 4 rings (SSSR count). The maximum absolute atomic E-state index is 12.0. The Morgan fingerprint density at radius 2 is 2.24 bits per heavy atom. The van der Waals surface area contributed by atoms with Crippen LogP contribution < -0.4 is 14.8 Å². The zero-order valence-corrected chi connectivity index (χ0v) is 14.1. The topological polar surface area (TPSA) is 78.3 Å². The second kappa shape index (κ2) is 6.40. The average Bonchev–Trinajstić information content (AvgIpc) is 3.32. The summed E-state index contributed by atoms with van der Waals surface area (Å²) in [5, 5.41) is 9.23. The lowest BCUT2D eigenvalue weighted by Gasteiger charge is -1.99. The maximum atomic E-state index is 12.0.